The highest BCUT2D eigenvalue weighted by molar-refractivity contribution is 5.84. The van der Waals surface area contributed by atoms with E-state index in [4.69, 9.17) is 14.9 Å². The van der Waals surface area contributed by atoms with Gasteiger partial charge in [0.05, 0.1) is 12.7 Å². The van der Waals surface area contributed by atoms with E-state index in [-0.39, 0.29) is 12.1 Å². The van der Waals surface area contributed by atoms with Gasteiger partial charge < -0.3 is 20.1 Å². The molecular formula is C11H13N3O7. The molecule has 0 saturated carbocycles. The molecule has 0 spiro atoms. The summed E-state index contributed by atoms with van der Waals surface area (Å²) in [5, 5.41) is 30.9. The summed E-state index contributed by atoms with van der Waals surface area (Å²) >= 11 is 0. The summed E-state index contributed by atoms with van der Waals surface area (Å²) in [7, 11) is 0. The molecule has 1 aromatic heterocycles. The van der Waals surface area contributed by atoms with E-state index in [1.165, 1.54) is 0 Å². The van der Waals surface area contributed by atoms with Gasteiger partial charge in [0, 0.05) is 12.5 Å². The van der Waals surface area contributed by atoms with Crippen molar-refractivity contribution < 1.29 is 24.9 Å². The summed E-state index contributed by atoms with van der Waals surface area (Å²) in [4.78, 5) is 35.6. The van der Waals surface area contributed by atoms with Crippen molar-refractivity contribution in [3.8, 4) is 0 Å². The van der Waals surface area contributed by atoms with Crippen molar-refractivity contribution in [2.75, 3.05) is 6.61 Å². The average Bonchev–Trinajstić information content (AvgIpc) is 2.78. The largest absolute Gasteiger partial charge is 0.478 e. The number of ether oxygens (including phenoxy) is 1. The van der Waals surface area contributed by atoms with Crippen LogP contribution in [0.5, 0.6) is 0 Å². The second-order valence-electron chi connectivity index (χ2n) is 4.38. The molecule has 0 unspecified atom stereocenters. The molecule has 1 aromatic rings. The molecule has 1 saturated heterocycles. The van der Waals surface area contributed by atoms with Crippen LogP contribution in [0.1, 0.15) is 18.3 Å². The maximum atomic E-state index is 11.7. The number of aliphatic hydroxyl groups excluding tert-OH is 2. The van der Waals surface area contributed by atoms with Crippen molar-refractivity contribution in [1.29, 1.82) is 0 Å². The number of aromatic amines is 1. The van der Waals surface area contributed by atoms with Crippen LogP contribution < -0.4 is 11.2 Å². The first kappa shape index (κ1) is 15.1. The zero-order chi connectivity index (χ0) is 15.6. The Morgan fingerprint density at radius 3 is 2.81 bits per heavy atom. The Morgan fingerprint density at radius 2 is 2.24 bits per heavy atom. The molecule has 1 aliphatic heterocycles. The predicted octanol–water partition coefficient (Wildman–Crippen LogP) is -2.33. The summed E-state index contributed by atoms with van der Waals surface area (Å²) in [5.41, 5.74) is -1.99. The normalized spacial score (nSPS) is 25.5. The Morgan fingerprint density at radius 1 is 1.52 bits per heavy atom. The summed E-state index contributed by atoms with van der Waals surface area (Å²) in [6.07, 6.45) is -1.14. The number of rotatable bonds is 4. The highest BCUT2D eigenvalue weighted by Gasteiger charge is 2.35. The topological polar surface area (TPSA) is 155 Å². The maximum Gasteiger partial charge on any atom is 0.347 e. The summed E-state index contributed by atoms with van der Waals surface area (Å²) < 4.78 is 6.04. The van der Waals surface area contributed by atoms with Crippen molar-refractivity contribution in [3.63, 3.8) is 0 Å². The van der Waals surface area contributed by atoms with Crippen molar-refractivity contribution in [2.45, 2.75) is 24.9 Å². The maximum absolute atomic E-state index is 11.7. The Balaban J connectivity index is 2.37. The first-order valence-corrected chi connectivity index (χ1v) is 6.01. The lowest BCUT2D eigenvalue weighted by molar-refractivity contribution is -0.131. The van der Waals surface area contributed by atoms with Gasteiger partial charge in [0.25, 0.3) is 5.56 Å². The van der Waals surface area contributed by atoms with Gasteiger partial charge in [-0.15, -0.1) is 0 Å². The van der Waals surface area contributed by atoms with Crippen molar-refractivity contribution >= 4 is 12.0 Å². The Hall–Kier alpha value is -2.30. The van der Waals surface area contributed by atoms with Crippen LogP contribution >= 0.6 is 0 Å². The molecule has 0 amide bonds. The van der Waals surface area contributed by atoms with Crippen LogP contribution in [0.2, 0.25) is 0 Å². The highest BCUT2D eigenvalue weighted by Crippen LogP contribution is 2.26. The third kappa shape index (κ3) is 3.24. The minimum absolute atomic E-state index is 0.00621. The van der Waals surface area contributed by atoms with E-state index in [9.17, 15) is 19.5 Å². The number of nitrogens with zero attached hydrogens (tertiary/aromatic N) is 2. The van der Waals surface area contributed by atoms with Gasteiger partial charge in [0.2, 0.25) is 0 Å². The summed E-state index contributed by atoms with van der Waals surface area (Å²) in [6.45, 7) is -0.429. The zero-order valence-corrected chi connectivity index (χ0v) is 10.7. The van der Waals surface area contributed by atoms with E-state index in [0.717, 1.165) is 10.8 Å². The van der Waals surface area contributed by atoms with Crippen molar-refractivity contribution in [3.05, 3.63) is 32.6 Å². The van der Waals surface area contributed by atoms with Crippen LogP contribution in [-0.2, 0) is 9.53 Å². The van der Waals surface area contributed by atoms with E-state index in [1.807, 2.05) is 4.98 Å². The number of aliphatic hydroxyl groups is 2. The molecule has 3 atom stereocenters. The number of hydrogen-bond acceptors (Lipinski definition) is 7. The molecule has 0 aromatic carbocycles. The first-order chi connectivity index (χ1) is 9.92. The lowest BCUT2D eigenvalue weighted by Gasteiger charge is -2.13. The van der Waals surface area contributed by atoms with Gasteiger partial charge in [-0.05, 0) is 6.08 Å². The lowest BCUT2D eigenvalue weighted by atomic mass is 10.2. The third-order valence-corrected chi connectivity index (χ3v) is 2.92. The number of aromatic nitrogens is 3. The van der Waals surface area contributed by atoms with E-state index in [2.05, 4.69) is 5.10 Å². The van der Waals surface area contributed by atoms with Gasteiger partial charge in [-0.3, -0.25) is 9.78 Å². The molecule has 0 bridgehead atoms. The highest BCUT2D eigenvalue weighted by atomic mass is 16.5. The average molecular weight is 299 g/mol. The lowest BCUT2D eigenvalue weighted by Crippen LogP contribution is -2.36. The van der Waals surface area contributed by atoms with Gasteiger partial charge in [0.15, 0.2) is 6.23 Å². The van der Waals surface area contributed by atoms with Crippen LogP contribution in [0, 0.1) is 0 Å². The van der Waals surface area contributed by atoms with Crippen molar-refractivity contribution in [2.24, 2.45) is 0 Å². The number of nitrogens with one attached hydrogen (secondary N) is 1. The minimum atomic E-state index is -1.28. The number of aliphatic carboxylic acids is 1. The second-order valence-corrected chi connectivity index (χ2v) is 4.38. The van der Waals surface area contributed by atoms with E-state index in [1.54, 1.807) is 0 Å². The summed E-state index contributed by atoms with van der Waals surface area (Å²) in [5.74, 6) is -1.28. The van der Waals surface area contributed by atoms with E-state index < -0.39 is 42.3 Å². The molecular weight excluding hydrogens is 286 g/mol. The monoisotopic (exact) mass is 299 g/mol. The molecule has 10 nitrogen and oxygen atoms in total. The molecule has 114 valence electrons. The van der Waals surface area contributed by atoms with Gasteiger partial charge in [-0.1, -0.05) is 0 Å². The fraction of sp³-hybridized carbons (Fsp3) is 0.455. The molecule has 21 heavy (non-hydrogen) atoms. The molecule has 0 aliphatic carbocycles. The van der Waals surface area contributed by atoms with E-state index in [0.29, 0.717) is 6.08 Å². The van der Waals surface area contributed by atoms with Gasteiger partial charge in [-0.25, -0.2) is 9.59 Å². The quantitative estimate of drug-likeness (QED) is 0.451. The number of hydrogen-bond donors (Lipinski definition) is 4. The van der Waals surface area contributed by atoms with Crippen LogP contribution in [0.15, 0.2) is 15.7 Å². The Bertz CT molecular complexity index is 677. The van der Waals surface area contributed by atoms with Crippen LogP contribution in [-0.4, -0.2) is 54.9 Å². The SMILES string of the molecule is O=C(O)/C=C/c1nn([C@H]2C[C@H](O)[C@@H](CO)O2)c(=O)[nH]c1=O. The first-order valence-electron chi connectivity index (χ1n) is 6.01. The molecule has 0 radical (unpaired) electrons. The number of carbonyl (C=O) groups is 1. The van der Waals surface area contributed by atoms with Gasteiger partial charge in [0.1, 0.15) is 11.8 Å². The fourth-order valence-corrected chi connectivity index (χ4v) is 1.91. The predicted molar refractivity (Wildman–Crippen MR) is 67.4 cm³/mol. The Kier molecular flexibility index (Phi) is 4.31. The van der Waals surface area contributed by atoms with Crippen LogP contribution in [0.25, 0.3) is 6.08 Å². The second kappa shape index (κ2) is 5.99. The third-order valence-electron chi connectivity index (χ3n) is 2.92. The molecule has 2 rings (SSSR count). The smallest absolute Gasteiger partial charge is 0.347 e. The van der Waals surface area contributed by atoms with Crippen LogP contribution in [0.4, 0.5) is 0 Å². The summed E-state index contributed by atoms with van der Waals surface area (Å²) in [6, 6.07) is 0. The zero-order valence-electron chi connectivity index (χ0n) is 10.7. The van der Waals surface area contributed by atoms with Crippen LogP contribution in [0.3, 0.4) is 0 Å². The molecule has 1 fully saturated rings. The number of carboxylic acid groups (broad SMARTS) is 1. The van der Waals surface area contributed by atoms with E-state index >= 15 is 0 Å². The minimum Gasteiger partial charge on any atom is -0.478 e. The van der Waals surface area contributed by atoms with Crippen molar-refractivity contribution in [1.82, 2.24) is 14.8 Å². The molecule has 4 N–H and O–H groups in total. The Labute approximate surface area is 116 Å². The standard InChI is InChI=1S/C11H13N3O7/c15-4-7-6(16)3-8(21-7)14-11(20)12-10(19)5(13-14)1-2-9(17)18/h1-2,6-8,15-16H,3-4H2,(H,17,18)(H,12,19,20)/b2-1+/t6-,7+,8+/m0/s1. The molecule has 10 heteroatoms. The van der Waals surface area contributed by atoms with Gasteiger partial charge in [-0.2, -0.15) is 9.78 Å². The number of carboxylic acids is 1. The number of H-pyrrole nitrogens is 1. The molecule has 2 heterocycles. The fourth-order valence-electron chi connectivity index (χ4n) is 1.91. The molecule has 1 aliphatic rings. The van der Waals surface area contributed by atoms with Gasteiger partial charge >= 0.3 is 11.7 Å².